The number of hydrogen-bond donors (Lipinski definition) is 2. The van der Waals surface area contributed by atoms with Crippen molar-refractivity contribution in [3.05, 3.63) is 35.4 Å². The van der Waals surface area contributed by atoms with Crippen molar-refractivity contribution in [3.63, 3.8) is 0 Å². The normalized spacial score (nSPS) is 9.88. The van der Waals surface area contributed by atoms with Crippen molar-refractivity contribution >= 4 is 6.09 Å². The van der Waals surface area contributed by atoms with Crippen LogP contribution in [0.1, 0.15) is 18.1 Å². The first kappa shape index (κ1) is 12.5. The molecule has 1 rings (SSSR count). The molecular formula is C12H17NO3. The molecule has 0 saturated carbocycles. The number of rotatable bonds is 5. The van der Waals surface area contributed by atoms with Gasteiger partial charge >= 0.3 is 6.09 Å². The van der Waals surface area contributed by atoms with Crippen LogP contribution in [-0.2, 0) is 17.8 Å². The van der Waals surface area contributed by atoms with Crippen LogP contribution in [0.3, 0.4) is 0 Å². The maximum absolute atomic E-state index is 11.1. The van der Waals surface area contributed by atoms with Gasteiger partial charge in [-0.3, -0.25) is 0 Å². The molecule has 0 saturated heterocycles. The minimum Gasteiger partial charge on any atom is -0.445 e. The van der Waals surface area contributed by atoms with Crippen molar-refractivity contribution < 1.29 is 14.6 Å². The summed E-state index contributed by atoms with van der Waals surface area (Å²) in [6.45, 7) is 2.48. The van der Waals surface area contributed by atoms with E-state index in [0.717, 1.165) is 12.0 Å². The molecule has 0 aliphatic rings. The third-order valence-electron chi connectivity index (χ3n) is 2.18. The lowest BCUT2D eigenvalue weighted by Gasteiger charge is -2.06. The molecule has 4 nitrogen and oxygen atoms in total. The Kier molecular flexibility index (Phi) is 5.36. The molecule has 0 aliphatic carbocycles. The van der Waals surface area contributed by atoms with Crippen LogP contribution < -0.4 is 5.32 Å². The largest absolute Gasteiger partial charge is 0.445 e. The first-order chi connectivity index (χ1) is 7.76. The fourth-order valence-electron chi connectivity index (χ4n) is 1.23. The predicted molar refractivity (Wildman–Crippen MR) is 61.1 cm³/mol. The molecular weight excluding hydrogens is 206 g/mol. The zero-order valence-corrected chi connectivity index (χ0v) is 9.40. The second kappa shape index (κ2) is 6.85. The Morgan fingerprint density at radius 2 is 1.94 bits per heavy atom. The fourth-order valence-corrected chi connectivity index (χ4v) is 1.23. The number of amides is 1. The van der Waals surface area contributed by atoms with E-state index in [4.69, 9.17) is 9.84 Å². The van der Waals surface area contributed by atoms with Crippen molar-refractivity contribution in [2.45, 2.75) is 20.0 Å². The first-order valence-electron chi connectivity index (χ1n) is 5.35. The first-order valence-corrected chi connectivity index (χ1v) is 5.35. The van der Waals surface area contributed by atoms with Crippen molar-refractivity contribution in [1.82, 2.24) is 5.32 Å². The summed E-state index contributed by atoms with van der Waals surface area (Å²) in [5.74, 6) is 0. The Balaban J connectivity index is 2.33. The lowest BCUT2D eigenvalue weighted by atomic mass is 10.1. The average Bonchev–Trinajstić information content (AvgIpc) is 2.34. The van der Waals surface area contributed by atoms with E-state index < -0.39 is 6.09 Å². The summed E-state index contributed by atoms with van der Waals surface area (Å²) in [6.07, 6.45) is 0.492. The lowest BCUT2D eigenvalue weighted by molar-refractivity contribution is 0.137. The van der Waals surface area contributed by atoms with Gasteiger partial charge in [0.2, 0.25) is 0 Å². The van der Waals surface area contributed by atoms with Gasteiger partial charge in [-0.2, -0.15) is 0 Å². The van der Waals surface area contributed by atoms with Gasteiger partial charge in [0.1, 0.15) is 6.61 Å². The van der Waals surface area contributed by atoms with E-state index in [1.54, 1.807) is 0 Å². The van der Waals surface area contributed by atoms with E-state index in [1.165, 1.54) is 5.56 Å². The number of aryl methyl sites for hydroxylation is 1. The molecule has 0 atom stereocenters. The van der Waals surface area contributed by atoms with Crippen LogP contribution >= 0.6 is 0 Å². The monoisotopic (exact) mass is 223 g/mol. The number of alkyl carbamates (subject to hydrolysis) is 1. The number of hydrogen-bond acceptors (Lipinski definition) is 3. The van der Waals surface area contributed by atoms with Crippen LogP contribution in [0.5, 0.6) is 0 Å². The van der Waals surface area contributed by atoms with E-state index in [2.05, 4.69) is 12.2 Å². The second-order valence-electron chi connectivity index (χ2n) is 3.40. The van der Waals surface area contributed by atoms with Gasteiger partial charge < -0.3 is 15.2 Å². The molecule has 16 heavy (non-hydrogen) atoms. The maximum Gasteiger partial charge on any atom is 0.407 e. The zero-order chi connectivity index (χ0) is 11.8. The Labute approximate surface area is 95.2 Å². The molecule has 88 valence electrons. The number of carbonyl (C=O) groups excluding carboxylic acids is 1. The van der Waals surface area contributed by atoms with Crippen molar-refractivity contribution in [1.29, 1.82) is 0 Å². The summed E-state index contributed by atoms with van der Waals surface area (Å²) in [5.41, 5.74) is 2.21. The van der Waals surface area contributed by atoms with Crippen LogP contribution in [-0.4, -0.2) is 24.4 Å². The fraction of sp³-hybridized carbons (Fsp3) is 0.417. The number of carbonyl (C=O) groups is 1. The zero-order valence-electron chi connectivity index (χ0n) is 9.40. The van der Waals surface area contributed by atoms with Crippen LogP contribution in [0.25, 0.3) is 0 Å². The summed E-state index contributed by atoms with van der Waals surface area (Å²) in [4.78, 5) is 11.1. The van der Waals surface area contributed by atoms with Crippen molar-refractivity contribution in [2.24, 2.45) is 0 Å². The third kappa shape index (κ3) is 4.31. The Hall–Kier alpha value is -1.55. The molecule has 0 bridgehead atoms. The molecule has 0 spiro atoms. The van der Waals surface area contributed by atoms with Crippen molar-refractivity contribution in [3.8, 4) is 0 Å². The SMILES string of the molecule is CCc1ccc(COC(=O)NCCO)cc1. The van der Waals surface area contributed by atoms with Crippen LogP contribution in [0.2, 0.25) is 0 Å². The van der Waals surface area contributed by atoms with Crippen LogP contribution in [0, 0.1) is 0 Å². The number of benzene rings is 1. The Bertz CT molecular complexity index is 322. The molecule has 2 N–H and O–H groups in total. The molecule has 0 aliphatic heterocycles. The van der Waals surface area contributed by atoms with E-state index in [9.17, 15) is 4.79 Å². The van der Waals surface area contributed by atoms with Gasteiger partial charge in [-0.15, -0.1) is 0 Å². The van der Waals surface area contributed by atoms with Gasteiger partial charge in [0.05, 0.1) is 6.61 Å². The highest BCUT2D eigenvalue weighted by molar-refractivity contribution is 5.67. The molecule has 1 aromatic rings. The molecule has 0 fully saturated rings. The smallest absolute Gasteiger partial charge is 0.407 e. The standard InChI is InChI=1S/C12H17NO3/c1-2-10-3-5-11(6-4-10)9-16-12(15)13-7-8-14/h3-6,14H,2,7-9H2,1H3,(H,13,15). The Morgan fingerprint density at radius 3 is 2.50 bits per heavy atom. The highest BCUT2D eigenvalue weighted by Crippen LogP contribution is 2.06. The predicted octanol–water partition coefficient (Wildman–Crippen LogP) is 1.47. The number of nitrogens with one attached hydrogen (secondary N) is 1. The highest BCUT2D eigenvalue weighted by atomic mass is 16.5. The van der Waals surface area contributed by atoms with E-state index in [-0.39, 0.29) is 19.8 Å². The van der Waals surface area contributed by atoms with E-state index >= 15 is 0 Å². The van der Waals surface area contributed by atoms with E-state index in [0.29, 0.717) is 0 Å². The van der Waals surface area contributed by atoms with Gasteiger partial charge in [0.25, 0.3) is 0 Å². The van der Waals surface area contributed by atoms with Gasteiger partial charge in [0, 0.05) is 6.54 Å². The molecule has 0 unspecified atom stereocenters. The molecule has 0 aromatic heterocycles. The van der Waals surface area contributed by atoms with Gasteiger partial charge in [-0.05, 0) is 17.5 Å². The molecule has 1 aromatic carbocycles. The Morgan fingerprint density at radius 1 is 1.31 bits per heavy atom. The van der Waals surface area contributed by atoms with Crippen molar-refractivity contribution in [2.75, 3.05) is 13.2 Å². The summed E-state index contributed by atoms with van der Waals surface area (Å²) < 4.78 is 4.94. The molecule has 4 heteroatoms. The second-order valence-corrected chi connectivity index (χ2v) is 3.40. The molecule has 0 radical (unpaired) electrons. The van der Waals surface area contributed by atoms with Gasteiger partial charge in [-0.25, -0.2) is 4.79 Å². The van der Waals surface area contributed by atoms with Crippen LogP contribution in [0.15, 0.2) is 24.3 Å². The number of aliphatic hydroxyl groups is 1. The van der Waals surface area contributed by atoms with E-state index in [1.807, 2.05) is 24.3 Å². The number of ether oxygens (including phenoxy) is 1. The third-order valence-corrected chi connectivity index (χ3v) is 2.18. The van der Waals surface area contributed by atoms with Gasteiger partial charge in [0.15, 0.2) is 0 Å². The summed E-state index contributed by atoms with van der Waals surface area (Å²) >= 11 is 0. The summed E-state index contributed by atoms with van der Waals surface area (Å²) in [5, 5.41) is 10.9. The maximum atomic E-state index is 11.1. The van der Waals surface area contributed by atoms with Gasteiger partial charge in [-0.1, -0.05) is 31.2 Å². The minimum atomic E-state index is -0.506. The topological polar surface area (TPSA) is 58.6 Å². The highest BCUT2D eigenvalue weighted by Gasteiger charge is 2.01. The summed E-state index contributed by atoms with van der Waals surface area (Å²) in [7, 11) is 0. The molecule has 1 amide bonds. The molecule has 0 heterocycles. The number of aliphatic hydroxyl groups excluding tert-OH is 1. The summed E-state index contributed by atoms with van der Waals surface area (Å²) in [6, 6.07) is 7.92. The average molecular weight is 223 g/mol. The van der Waals surface area contributed by atoms with Crippen LogP contribution in [0.4, 0.5) is 4.79 Å². The minimum absolute atomic E-state index is 0.0830. The quantitative estimate of drug-likeness (QED) is 0.794. The lowest BCUT2D eigenvalue weighted by Crippen LogP contribution is -2.26.